The smallest absolute Gasteiger partial charge is 0.243 e. The Hall–Kier alpha value is -1.44. The maximum atomic E-state index is 12.2. The summed E-state index contributed by atoms with van der Waals surface area (Å²) >= 11 is 1.40. The van der Waals surface area contributed by atoms with Crippen LogP contribution in [0, 0.1) is 6.92 Å². The molecular weight excluding hydrogens is 270 g/mol. The number of nitrogens with zero attached hydrogens (tertiary/aromatic N) is 1. The minimum Gasteiger partial charge on any atom is -0.398 e. The van der Waals surface area contributed by atoms with Gasteiger partial charge >= 0.3 is 0 Å². The summed E-state index contributed by atoms with van der Waals surface area (Å²) in [4.78, 5) is 4.16. The molecule has 0 unspecified atom stereocenters. The fraction of sp³-hybridized carbons (Fsp3) is 0.182. The number of aromatic nitrogens is 1. The van der Waals surface area contributed by atoms with E-state index in [9.17, 15) is 8.42 Å². The van der Waals surface area contributed by atoms with Crippen LogP contribution in [-0.4, -0.2) is 13.4 Å². The highest BCUT2D eigenvalue weighted by Crippen LogP contribution is 2.22. The van der Waals surface area contributed by atoms with Crippen LogP contribution in [0.2, 0.25) is 0 Å². The van der Waals surface area contributed by atoms with Crippen LogP contribution in [0.5, 0.6) is 0 Å². The lowest BCUT2D eigenvalue weighted by atomic mass is 10.2. The quantitative estimate of drug-likeness (QED) is 0.833. The van der Waals surface area contributed by atoms with Gasteiger partial charge in [0.05, 0.1) is 12.2 Å². The Balaban J connectivity index is 2.26. The van der Waals surface area contributed by atoms with Crippen LogP contribution in [0.15, 0.2) is 34.7 Å². The Labute approximate surface area is 110 Å². The van der Waals surface area contributed by atoms with Crippen LogP contribution in [0.4, 0.5) is 5.69 Å². The molecule has 0 fully saturated rings. The van der Waals surface area contributed by atoms with Crippen molar-refractivity contribution in [1.29, 1.82) is 0 Å². The standard InChI is InChI=1S/C11H13N3O2S2/c1-8-3-2-4-9(12)11(8)18(15,16)14-7-10-13-5-6-17-10/h2-6,14H,7,12H2,1H3. The first-order valence-electron chi connectivity index (χ1n) is 5.24. The molecule has 2 aromatic rings. The normalized spacial score (nSPS) is 11.6. The molecule has 7 heteroatoms. The zero-order chi connectivity index (χ0) is 13.2. The molecule has 3 N–H and O–H groups in total. The van der Waals surface area contributed by atoms with Crippen LogP contribution in [-0.2, 0) is 16.6 Å². The number of hydrogen-bond acceptors (Lipinski definition) is 5. The Morgan fingerprint density at radius 2 is 2.22 bits per heavy atom. The molecule has 0 amide bonds. The van der Waals surface area contributed by atoms with Crippen molar-refractivity contribution < 1.29 is 8.42 Å². The zero-order valence-corrected chi connectivity index (χ0v) is 11.4. The van der Waals surface area contributed by atoms with Gasteiger partial charge in [0.1, 0.15) is 9.90 Å². The molecule has 0 aliphatic carbocycles. The van der Waals surface area contributed by atoms with Gasteiger partial charge < -0.3 is 5.73 Å². The molecule has 0 bridgehead atoms. The Bertz CT molecular complexity index is 616. The van der Waals surface area contributed by atoms with E-state index in [-0.39, 0.29) is 17.1 Å². The first kappa shape index (κ1) is 13.0. The minimum atomic E-state index is -3.61. The van der Waals surface area contributed by atoms with Gasteiger partial charge in [0.2, 0.25) is 10.0 Å². The number of nitrogens with two attached hydrogens (primary N) is 1. The lowest BCUT2D eigenvalue weighted by Crippen LogP contribution is -2.24. The summed E-state index contributed by atoms with van der Waals surface area (Å²) in [5, 5.41) is 2.51. The van der Waals surface area contributed by atoms with E-state index >= 15 is 0 Å². The molecule has 18 heavy (non-hydrogen) atoms. The number of nitrogen functional groups attached to an aromatic ring is 1. The predicted molar refractivity (Wildman–Crippen MR) is 71.7 cm³/mol. The summed E-state index contributed by atoms with van der Waals surface area (Å²) < 4.78 is 26.8. The third-order valence-corrected chi connectivity index (χ3v) is 4.81. The van der Waals surface area contributed by atoms with Crippen molar-refractivity contribution in [1.82, 2.24) is 9.71 Å². The fourth-order valence-electron chi connectivity index (χ4n) is 1.61. The monoisotopic (exact) mass is 283 g/mol. The molecule has 96 valence electrons. The number of rotatable bonds is 4. The van der Waals surface area contributed by atoms with E-state index in [2.05, 4.69) is 9.71 Å². The van der Waals surface area contributed by atoms with Crippen LogP contribution >= 0.6 is 11.3 Å². The maximum absolute atomic E-state index is 12.2. The van der Waals surface area contributed by atoms with Gasteiger partial charge in [-0.1, -0.05) is 12.1 Å². The summed E-state index contributed by atoms with van der Waals surface area (Å²) in [6.07, 6.45) is 1.64. The zero-order valence-electron chi connectivity index (χ0n) is 9.75. The largest absolute Gasteiger partial charge is 0.398 e. The van der Waals surface area contributed by atoms with Gasteiger partial charge in [0.25, 0.3) is 0 Å². The van der Waals surface area contributed by atoms with Gasteiger partial charge in [-0.25, -0.2) is 18.1 Å². The number of hydrogen-bond donors (Lipinski definition) is 2. The molecule has 0 spiro atoms. The van der Waals surface area contributed by atoms with Crippen molar-refractivity contribution in [2.24, 2.45) is 0 Å². The van der Waals surface area contributed by atoms with E-state index in [0.29, 0.717) is 10.6 Å². The second-order valence-corrected chi connectivity index (χ2v) is 6.43. The lowest BCUT2D eigenvalue weighted by molar-refractivity contribution is 0.581. The lowest BCUT2D eigenvalue weighted by Gasteiger charge is -2.10. The summed E-state index contributed by atoms with van der Waals surface area (Å²) in [5.41, 5.74) is 6.60. The minimum absolute atomic E-state index is 0.140. The van der Waals surface area contributed by atoms with E-state index < -0.39 is 10.0 Å². The second kappa shape index (κ2) is 5.05. The summed E-state index contributed by atoms with van der Waals surface area (Å²) in [6, 6.07) is 5.02. The molecule has 0 radical (unpaired) electrons. The fourth-order valence-corrected chi connectivity index (χ4v) is 3.60. The van der Waals surface area contributed by atoms with Crippen molar-refractivity contribution >= 4 is 27.0 Å². The molecule has 1 heterocycles. The van der Waals surface area contributed by atoms with E-state index in [1.54, 1.807) is 36.7 Å². The van der Waals surface area contributed by atoms with E-state index in [4.69, 9.17) is 5.73 Å². The molecule has 0 aliphatic rings. The van der Waals surface area contributed by atoms with Crippen LogP contribution in [0.25, 0.3) is 0 Å². The van der Waals surface area contributed by atoms with Crippen molar-refractivity contribution in [3.8, 4) is 0 Å². The Morgan fingerprint density at radius 1 is 1.44 bits per heavy atom. The number of thiazole rings is 1. The first-order valence-corrected chi connectivity index (χ1v) is 7.60. The summed E-state index contributed by atoms with van der Waals surface area (Å²) in [6.45, 7) is 1.89. The van der Waals surface area contributed by atoms with Gasteiger partial charge in [-0.05, 0) is 18.6 Å². The number of benzene rings is 1. The summed E-state index contributed by atoms with van der Waals surface area (Å²) in [7, 11) is -3.61. The van der Waals surface area contributed by atoms with Crippen LogP contribution in [0.3, 0.4) is 0 Å². The highest BCUT2D eigenvalue weighted by Gasteiger charge is 2.19. The maximum Gasteiger partial charge on any atom is 0.243 e. The SMILES string of the molecule is Cc1cccc(N)c1S(=O)(=O)NCc1nccs1. The molecular formula is C11H13N3O2S2. The molecule has 5 nitrogen and oxygen atoms in total. The number of anilines is 1. The third kappa shape index (κ3) is 2.69. The summed E-state index contributed by atoms with van der Waals surface area (Å²) in [5.74, 6) is 0. The topological polar surface area (TPSA) is 85.1 Å². The molecule has 2 rings (SSSR count). The van der Waals surface area contributed by atoms with Crippen molar-refractivity contribution in [3.05, 3.63) is 40.3 Å². The van der Waals surface area contributed by atoms with Gasteiger partial charge in [0.15, 0.2) is 0 Å². The molecule has 0 atom stereocenters. The highest BCUT2D eigenvalue weighted by molar-refractivity contribution is 7.89. The van der Waals surface area contributed by atoms with Crippen molar-refractivity contribution in [2.45, 2.75) is 18.4 Å². The predicted octanol–water partition coefficient (Wildman–Crippen LogP) is 1.51. The van der Waals surface area contributed by atoms with Gasteiger partial charge in [-0.3, -0.25) is 0 Å². The second-order valence-electron chi connectivity index (χ2n) is 3.74. The van der Waals surface area contributed by atoms with Crippen LogP contribution in [0.1, 0.15) is 10.6 Å². The van der Waals surface area contributed by atoms with E-state index in [0.717, 1.165) is 0 Å². The molecule has 0 saturated heterocycles. The average molecular weight is 283 g/mol. The van der Waals surface area contributed by atoms with Gasteiger partial charge in [-0.2, -0.15) is 0 Å². The average Bonchev–Trinajstić information content (AvgIpc) is 2.78. The third-order valence-electron chi connectivity index (χ3n) is 2.41. The number of aryl methyl sites for hydroxylation is 1. The van der Waals surface area contributed by atoms with Crippen LogP contribution < -0.4 is 10.5 Å². The molecule has 0 saturated carbocycles. The van der Waals surface area contributed by atoms with Crippen molar-refractivity contribution in [3.63, 3.8) is 0 Å². The number of nitrogens with one attached hydrogen (secondary N) is 1. The molecule has 0 aliphatic heterocycles. The first-order chi connectivity index (χ1) is 8.50. The van der Waals surface area contributed by atoms with E-state index in [1.165, 1.54) is 11.3 Å². The Morgan fingerprint density at radius 3 is 2.83 bits per heavy atom. The molecule has 1 aromatic carbocycles. The molecule has 1 aromatic heterocycles. The van der Waals surface area contributed by atoms with Gasteiger partial charge in [0, 0.05) is 11.6 Å². The van der Waals surface area contributed by atoms with Gasteiger partial charge in [-0.15, -0.1) is 11.3 Å². The van der Waals surface area contributed by atoms with Crippen molar-refractivity contribution in [2.75, 3.05) is 5.73 Å². The van der Waals surface area contributed by atoms with E-state index in [1.807, 2.05) is 0 Å². The Kier molecular flexibility index (Phi) is 3.65. The highest BCUT2D eigenvalue weighted by atomic mass is 32.2. The number of sulfonamides is 1.